The van der Waals surface area contributed by atoms with Gasteiger partial charge in [-0.1, -0.05) is 12.1 Å². The molecular weight excluding hydrogens is 156 g/mol. The molecule has 1 heterocycles. The molecule has 62 valence electrons. The van der Waals surface area contributed by atoms with E-state index >= 15 is 0 Å². The van der Waals surface area contributed by atoms with Crippen LogP contribution in [0.2, 0.25) is 0 Å². The number of para-hydroxylation sites is 1. The molecule has 0 fully saturated rings. The van der Waals surface area contributed by atoms with Gasteiger partial charge >= 0.3 is 0 Å². The minimum absolute atomic E-state index is 0.0518. The van der Waals surface area contributed by atoms with Crippen LogP contribution in [0.3, 0.4) is 0 Å². The molecule has 0 spiro atoms. The van der Waals surface area contributed by atoms with Gasteiger partial charge in [0, 0.05) is 5.56 Å². The van der Waals surface area contributed by atoms with Crippen LogP contribution in [0.4, 0.5) is 0 Å². The molecule has 1 aromatic carbocycles. The summed E-state index contributed by atoms with van der Waals surface area (Å²) in [6, 6.07) is 5.04. The third-order valence-corrected chi connectivity index (χ3v) is 1.70. The van der Waals surface area contributed by atoms with Crippen LogP contribution in [0, 0.1) is 0 Å². The minimum atomic E-state index is -0.953. The van der Waals surface area contributed by atoms with Crippen molar-refractivity contribution in [3.8, 4) is 11.5 Å². The number of hydrogen-bond donors (Lipinski definition) is 2. The van der Waals surface area contributed by atoms with Gasteiger partial charge in [-0.05, 0) is 18.2 Å². The minimum Gasteiger partial charge on any atom is -0.504 e. The summed E-state index contributed by atoms with van der Waals surface area (Å²) in [5.41, 5.74) is 0.778. The lowest BCUT2D eigenvalue weighted by molar-refractivity contribution is 0.0210. The molecule has 1 aliphatic rings. The lowest BCUT2D eigenvalue weighted by Crippen LogP contribution is -2.15. The normalized spacial score (nSPS) is 19.9. The van der Waals surface area contributed by atoms with Gasteiger partial charge in [-0.2, -0.15) is 0 Å². The predicted molar refractivity (Wildman–Crippen MR) is 43.8 cm³/mol. The molecule has 1 aliphatic heterocycles. The van der Waals surface area contributed by atoms with E-state index in [2.05, 4.69) is 0 Å². The van der Waals surface area contributed by atoms with Crippen molar-refractivity contribution in [1.29, 1.82) is 0 Å². The van der Waals surface area contributed by atoms with E-state index in [1.54, 1.807) is 18.2 Å². The van der Waals surface area contributed by atoms with E-state index in [1.807, 2.05) is 0 Å². The van der Waals surface area contributed by atoms with Crippen LogP contribution in [0.15, 0.2) is 24.3 Å². The van der Waals surface area contributed by atoms with Crippen LogP contribution in [-0.2, 0) is 0 Å². The van der Waals surface area contributed by atoms with Crippen molar-refractivity contribution < 1.29 is 14.9 Å². The highest BCUT2D eigenvalue weighted by Crippen LogP contribution is 2.33. The number of benzene rings is 1. The van der Waals surface area contributed by atoms with Crippen molar-refractivity contribution in [1.82, 2.24) is 0 Å². The zero-order chi connectivity index (χ0) is 8.55. The fourth-order valence-electron chi connectivity index (χ4n) is 1.15. The van der Waals surface area contributed by atoms with E-state index in [0.717, 1.165) is 5.56 Å². The lowest BCUT2D eigenvalue weighted by atomic mass is 10.1. The Morgan fingerprint density at radius 2 is 2.17 bits per heavy atom. The number of aliphatic hydroxyl groups is 1. The highest BCUT2D eigenvalue weighted by Gasteiger charge is 2.14. The van der Waals surface area contributed by atoms with E-state index in [-0.39, 0.29) is 5.75 Å². The average molecular weight is 164 g/mol. The molecule has 2 N–H and O–H groups in total. The number of fused-ring (bicyclic) bond motifs is 1. The van der Waals surface area contributed by atoms with Gasteiger partial charge in [0.05, 0.1) is 0 Å². The van der Waals surface area contributed by atoms with Gasteiger partial charge in [-0.15, -0.1) is 0 Å². The second kappa shape index (κ2) is 2.53. The number of hydrogen-bond acceptors (Lipinski definition) is 3. The number of ether oxygens (including phenoxy) is 1. The first-order valence-corrected chi connectivity index (χ1v) is 3.62. The SMILES string of the molecule is Oc1cccc2c1OC(O)C=C2. The molecule has 0 radical (unpaired) electrons. The Bertz CT molecular complexity index is 331. The van der Waals surface area contributed by atoms with Gasteiger partial charge in [-0.25, -0.2) is 0 Å². The number of aromatic hydroxyl groups is 1. The monoisotopic (exact) mass is 164 g/mol. The van der Waals surface area contributed by atoms with Gasteiger partial charge in [-0.3, -0.25) is 0 Å². The molecule has 0 saturated carbocycles. The van der Waals surface area contributed by atoms with Gasteiger partial charge in [0.1, 0.15) is 0 Å². The molecule has 0 saturated heterocycles. The Balaban J connectivity index is 2.53. The van der Waals surface area contributed by atoms with Crippen LogP contribution >= 0.6 is 0 Å². The smallest absolute Gasteiger partial charge is 0.217 e. The van der Waals surface area contributed by atoms with Crippen LogP contribution in [-0.4, -0.2) is 16.5 Å². The molecule has 3 nitrogen and oxygen atoms in total. The van der Waals surface area contributed by atoms with E-state index in [4.69, 9.17) is 9.84 Å². The third kappa shape index (κ3) is 1.04. The maximum absolute atomic E-state index is 9.30. The van der Waals surface area contributed by atoms with Crippen LogP contribution in [0.5, 0.6) is 11.5 Å². The summed E-state index contributed by atoms with van der Waals surface area (Å²) in [4.78, 5) is 0. The molecule has 1 aromatic rings. The standard InChI is InChI=1S/C9H8O3/c10-7-3-1-2-6-4-5-8(11)12-9(6)7/h1-5,8,10-11H. The molecule has 1 atom stereocenters. The summed E-state index contributed by atoms with van der Waals surface area (Å²) in [7, 11) is 0. The van der Waals surface area contributed by atoms with Crippen LogP contribution in [0.1, 0.15) is 5.56 Å². The van der Waals surface area contributed by atoms with Crippen LogP contribution in [0.25, 0.3) is 6.08 Å². The number of phenols is 1. The van der Waals surface area contributed by atoms with Gasteiger partial charge < -0.3 is 14.9 Å². The Morgan fingerprint density at radius 1 is 1.33 bits per heavy atom. The molecule has 12 heavy (non-hydrogen) atoms. The van der Waals surface area contributed by atoms with Gasteiger partial charge in [0.2, 0.25) is 6.29 Å². The van der Waals surface area contributed by atoms with Crippen molar-refractivity contribution in [2.75, 3.05) is 0 Å². The molecule has 2 rings (SSSR count). The summed E-state index contributed by atoms with van der Waals surface area (Å²) < 4.78 is 4.98. The fraction of sp³-hybridized carbons (Fsp3) is 0.111. The van der Waals surface area contributed by atoms with Crippen molar-refractivity contribution >= 4 is 6.08 Å². The molecule has 1 unspecified atom stereocenters. The quantitative estimate of drug-likeness (QED) is 0.604. The van der Waals surface area contributed by atoms with E-state index in [0.29, 0.717) is 5.75 Å². The summed E-state index contributed by atoms with van der Waals surface area (Å²) in [6.07, 6.45) is 2.27. The van der Waals surface area contributed by atoms with Gasteiger partial charge in [0.25, 0.3) is 0 Å². The second-order valence-electron chi connectivity index (χ2n) is 2.56. The highest BCUT2D eigenvalue weighted by atomic mass is 16.6. The van der Waals surface area contributed by atoms with Crippen molar-refractivity contribution in [2.45, 2.75) is 6.29 Å². The second-order valence-corrected chi connectivity index (χ2v) is 2.56. The first-order valence-electron chi connectivity index (χ1n) is 3.62. The first kappa shape index (κ1) is 7.18. The highest BCUT2D eigenvalue weighted by molar-refractivity contribution is 5.63. The summed E-state index contributed by atoms with van der Waals surface area (Å²) >= 11 is 0. The largest absolute Gasteiger partial charge is 0.504 e. The zero-order valence-electron chi connectivity index (χ0n) is 6.27. The number of phenolic OH excluding ortho intramolecular Hbond substituents is 1. The summed E-state index contributed by atoms with van der Waals surface area (Å²) in [5, 5.41) is 18.4. The van der Waals surface area contributed by atoms with Crippen molar-refractivity contribution in [3.63, 3.8) is 0 Å². The first-order chi connectivity index (χ1) is 5.77. The number of aliphatic hydroxyl groups excluding tert-OH is 1. The maximum atomic E-state index is 9.30. The molecule has 3 heteroatoms. The number of rotatable bonds is 0. The zero-order valence-corrected chi connectivity index (χ0v) is 6.27. The fourth-order valence-corrected chi connectivity index (χ4v) is 1.15. The maximum Gasteiger partial charge on any atom is 0.217 e. The Kier molecular flexibility index (Phi) is 1.52. The molecule has 0 bridgehead atoms. The molecule has 0 aromatic heterocycles. The lowest BCUT2D eigenvalue weighted by Gasteiger charge is -2.17. The molecule has 0 aliphatic carbocycles. The van der Waals surface area contributed by atoms with Crippen LogP contribution < -0.4 is 4.74 Å². The topological polar surface area (TPSA) is 49.7 Å². The molecular formula is C9H8O3. The Labute approximate surface area is 69.5 Å². The van der Waals surface area contributed by atoms with E-state index in [1.165, 1.54) is 12.1 Å². The average Bonchev–Trinajstić information content (AvgIpc) is 2.07. The van der Waals surface area contributed by atoms with E-state index in [9.17, 15) is 5.11 Å². The summed E-state index contributed by atoms with van der Waals surface area (Å²) in [5.74, 6) is 0.392. The van der Waals surface area contributed by atoms with Crippen molar-refractivity contribution in [2.24, 2.45) is 0 Å². The molecule has 0 amide bonds. The summed E-state index contributed by atoms with van der Waals surface area (Å²) in [6.45, 7) is 0. The van der Waals surface area contributed by atoms with Crippen molar-refractivity contribution in [3.05, 3.63) is 29.8 Å². The third-order valence-electron chi connectivity index (χ3n) is 1.70. The van der Waals surface area contributed by atoms with E-state index < -0.39 is 6.29 Å². The Hall–Kier alpha value is -1.48. The van der Waals surface area contributed by atoms with Gasteiger partial charge in [0.15, 0.2) is 11.5 Å². The Morgan fingerprint density at radius 3 is 3.00 bits per heavy atom. The predicted octanol–water partition coefficient (Wildman–Crippen LogP) is 1.12.